The summed E-state index contributed by atoms with van der Waals surface area (Å²) in [5, 5.41) is 0. The van der Waals surface area contributed by atoms with E-state index in [1.165, 1.54) is 0 Å². The quantitative estimate of drug-likeness (QED) is 0.727. The molecule has 0 bridgehead atoms. The lowest BCUT2D eigenvalue weighted by atomic mass is 10.0. The van der Waals surface area contributed by atoms with Crippen LogP contribution >= 0.6 is 0 Å². The molecule has 76 valence electrons. The van der Waals surface area contributed by atoms with E-state index in [0.717, 1.165) is 24.3 Å². The lowest BCUT2D eigenvalue weighted by molar-refractivity contribution is 0.115. The molecule has 1 saturated carbocycles. The summed E-state index contributed by atoms with van der Waals surface area (Å²) in [6, 6.07) is 3.89. The summed E-state index contributed by atoms with van der Waals surface area (Å²) in [4.78, 5) is 9.05. The first kappa shape index (κ1) is 9.43. The van der Waals surface area contributed by atoms with Crippen LogP contribution in [0.4, 0.5) is 0 Å². The third-order valence-electron chi connectivity index (χ3n) is 2.73. The van der Waals surface area contributed by atoms with Crippen molar-refractivity contribution in [2.45, 2.75) is 18.3 Å². The molecule has 0 aromatic carbocycles. The van der Waals surface area contributed by atoms with Crippen LogP contribution in [0.5, 0.6) is 5.75 Å². The van der Waals surface area contributed by atoms with Crippen molar-refractivity contribution < 1.29 is 9.57 Å². The third kappa shape index (κ3) is 1.58. The van der Waals surface area contributed by atoms with Gasteiger partial charge >= 0.3 is 0 Å². The average molecular weight is 194 g/mol. The Morgan fingerprint density at radius 3 is 2.71 bits per heavy atom. The highest BCUT2D eigenvalue weighted by Crippen LogP contribution is 2.47. The summed E-state index contributed by atoms with van der Waals surface area (Å²) < 4.78 is 5.04. The number of pyridine rings is 1. The van der Waals surface area contributed by atoms with Gasteiger partial charge in [-0.3, -0.25) is 4.98 Å². The number of rotatable bonds is 4. The second kappa shape index (κ2) is 3.55. The van der Waals surface area contributed by atoms with Gasteiger partial charge in [0.05, 0.1) is 19.9 Å². The molecule has 0 unspecified atom stereocenters. The Labute approximate surface area is 83.0 Å². The number of nitrogens with two attached hydrogens (primary N) is 1. The fourth-order valence-corrected chi connectivity index (χ4v) is 1.60. The zero-order valence-electron chi connectivity index (χ0n) is 8.19. The number of nitrogens with zero attached hydrogens (tertiary/aromatic N) is 1. The van der Waals surface area contributed by atoms with Crippen molar-refractivity contribution in [1.82, 2.24) is 4.98 Å². The Kier molecular flexibility index (Phi) is 2.39. The Bertz CT molecular complexity index is 306. The van der Waals surface area contributed by atoms with Crippen molar-refractivity contribution in [2.75, 3.05) is 13.7 Å². The molecule has 0 spiro atoms. The highest BCUT2D eigenvalue weighted by Gasteiger charge is 2.45. The van der Waals surface area contributed by atoms with Gasteiger partial charge in [-0.15, -0.1) is 0 Å². The zero-order chi connectivity index (χ0) is 10.0. The van der Waals surface area contributed by atoms with E-state index in [9.17, 15) is 0 Å². The van der Waals surface area contributed by atoms with Gasteiger partial charge in [0.15, 0.2) is 0 Å². The fourth-order valence-electron chi connectivity index (χ4n) is 1.60. The summed E-state index contributed by atoms with van der Waals surface area (Å²) in [7, 11) is 1.63. The van der Waals surface area contributed by atoms with Gasteiger partial charge in [0, 0.05) is 11.1 Å². The first-order chi connectivity index (χ1) is 6.80. The van der Waals surface area contributed by atoms with E-state index >= 15 is 0 Å². The zero-order valence-corrected chi connectivity index (χ0v) is 8.19. The van der Waals surface area contributed by atoms with E-state index < -0.39 is 0 Å². The van der Waals surface area contributed by atoms with Crippen molar-refractivity contribution in [3.8, 4) is 5.75 Å². The number of hydrogen-bond donors (Lipinski definition) is 1. The SMILES string of the molecule is COc1ccc(C2(CON)CC2)nc1. The first-order valence-corrected chi connectivity index (χ1v) is 4.63. The van der Waals surface area contributed by atoms with Gasteiger partial charge in [-0.05, 0) is 25.0 Å². The topological polar surface area (TPSA) is 57.4 Å². The summed E-state index contributed by atoms with van der Waals surface area (Å²) in [5.74, 6) is 5.87. The maximum Gasteiger partial charge on any atom is 0.137 e. The van der Waals surface area contributed by atoms with Crippen LogP contribution in [0.3, 0.4) is 0 Å². The normalized spacial score (nSPS) is 17.9. The van der Waals surface area contributed by atoms with Crippen molar-refractivity contribution in [3.63, 3.8) is 0 Å². The number of ether oxygens (including phenoxy) is 1. The summed E-state index contributed by atoms with van der Waals surface area (Å²) in [5.41, 5.74) is 1.12. The van der Waals surface area contributed by atoms with E-state index in [1.54, 1.807) is 13.3 Å². The maximum absolute atomic E-state index is 5.10. The summed E-state index contributed by atoms with van der Waals surface area (Å²) in [6.45, 7) is 0.548. The molecule has 2 rings (SSSR count). The first-order valence-electron chi connectivity index (χ1n) is 4.63. The van der Waals surface area contributed by atoms with E-state index in [0.29, 0.717) is 6.61 Å². The highest BCUT2D eigenvalue weighted by atomic mass is 16.6. The van der Waals surface area contributed by atoms with Gasteiger partial charge in [-0.2, -0.15) is 0 Å². The van der Waals surface area contributed by atoms with Gasteiger partial charge in [0.25, 0.3) is 0 Å². The maximum atomic E-state index is 5.10. The predicted octanol–water partition coefficient (Wildman–Crippen LogP) is 1.01. The minimum absolute atomic E-state index is 0.0705. The van der Waals surface area contributed by atoms with Crippen LogP contribution in [0.2, 0.25) is 0 Å². The molecule has 1 aromatic heterocycles. The lowest BCUT2D eigenvalue weighted by Gasteiger charge is -2.12. The van der Waals surface area contributed by atoms with E-state index in [1.807, 2.05) is 12.1 Å². The van der Waals surface area contributed by atoms with Crippen LogP contribution in [0, 0.1) is 0 Å². The Balaban J connectivity index is 2.16. The monoisotopic (exact) mass is 194 g/mol. The number of hydrogen-bond acceptors (Lipinski definition) is 4. The number of methoxy groups -OCH3 is 1. The average Bonchev–Trinajstić information content (AvgIpc) is 3.00. The van der Waals surface area contributed by atoms with Gasteiger partial charge in [-0.25, -0.2) is 5.90 Å². The van der Waals surface area contributed by atoms with Gasteiger partial charge in [0.2, 0.25) is 0 Å². The molecule has 4 heteroatoms. The number of aromatic nitrogens is 1. The molecule has 14 heavy (non-hydrogen) atoms. The molecule has 0 saturated heterocycles. The molecule has 0 atom stereocenters. The van der Waals surface area contributed by atoms with Gasteiger partial charge in [-0.1, -0.05) is 0 Å². The molecule has 2 N–H and O–H groups in total. The van der Waals surface area contributed by atoms with Crippen LogP contribution in [-0.4, -0.2) is 18.7 Å². The van der Waals surface area contributed by atoms with Crippen LogP contribution in [-0.2, 0) is 10.3 Å². The molecular formula is C10H14N2O2. The summed E-state index contributed by atoms with van der Waals surface area (Å²) in [6.07, 6.45) is 3.93. The van der Waals surface area contributed by atoms with Crippen LogP contribution in [0.1, 0.15) is 18.5 Å². The molecule has 0 amide bonds. The molecule has 1 aromatic rings. The van der Waals surface area contributed by atoms with Crippen LogP contribution in [0.25, 0.3) is 0 Å². The molecule has 0 aliphatic heterocycles. The molecule has 4 nitrogen and oxygen atoms in total. The van der Waals surface area contributed by atoms with Crippen LogP contribution in [0.15, 0.2) is 18.3 Å². The Hall–Kier alpha value is -1.13. The third-order valence-corrected chi connectivity index (χ3v) is 2.73. The Morgan fingerprint density at radius 1 is 1.50 bits per heavy atom. The molecular weight excluding hydrogens is 180 g/mol. The van der Waals surface area contributed by atoms with Crippen molar-refractivity contribution in [1.29, 1.82) is 0 Å². The predicted molar refractivity (Wildman–Crippen MR) is 51.8 cm³/mol. The Morgan fingerprint density at radius 2 is 2.29 bits per heavy atom. The molecule has 0 radical (unpaired) electrons. The minimum Gasteiger partial charge on any atom is -0.495 e. The fraction of sp³-hybridized carbons (Fsp3) is 0.500. The van der Waals surface area contributed by atoms with E-state index in [4.69, 9.17) is 15.5 Å². The molecule has 1 aliphatic carbocycles. The second-order valence-electron chi connectivity index (χ2n) is 3.67. The highest BCUT2D eigenvalue weighted by molar-refractivity contribution is 5.29. The van der Waals surface area contributed by atoms with Crippen molar-refractivity contribution in [3.05, 3.63) is 24.0 Å². The van der Waals surface area contributed by atoms with Gasteiger partial charge in [0.1, 0.15) is 5.75 Å². The molecule has 1 fully saturated rings. The minimum atomic E-state index is 0.0705. The standard InChI is InChI=1S/C10H14N2O2/c1-13-8-2-3-9(12-6-8)10(4-5-10)7-14-11/h2-3,6H,4-5,7,11H2,1H3. The second-order valence-corrected chi connectivity index (χ2v) is 3.67. The smallest absolute Gasteiger partial charge is 0.137 e. The largest absolute Gasteiger partial charge is 0.495 e. The van der Waals surface area contributed by atoms with Crippen molar-refractivity contribution in [2.24, 2.45) is 5.90 Å². The molecule has 1 heterocycles. The van der Waals surface area contributed by atoms with E-state index in [2.05, 4.69) is 4.98 Å². The summed E-state index contributed by atoms with van der Waals surface area (Å²) >= 11 is 0. The van der Waals surface area contributed by atoms with Crippen LogP contribution < -0.4 is 10.6 Å². The lowest BCUT2D eigenvalue weighted by Crippen LogP contribution is -2.19. The molecule has 1 aliphatic rings. The van der Waals surface area contributed by atoms with E-state index in [-0.39, 0.29) is 5.41 Å². The van der Waals surface area contributed by atoms with Gasteiger partial charge < -0.3 is 9.57 Å². The van der Waals surface area contributed by atoms with Crippen molar-refractivity contribution >= 4 is 0 Å².